The van der Waals surface area contributed by atoms with Gasteiger partial charge in [0, 0.05) is 5.69 Å². The number of halogens is 3. The minimum Gasteiger partial charge on any atom is -0.459 e. The highest BCUT2D eigenvalue weighted by Gasteiger charge is 2.33. The molecule has 0 aliphatic rings. The van der Waals surface area contributed by atoms with Gasteiger partial charge in [-0.3, -0.25) is 0 Å². The second kappa shape index (κ2) is 10.4. The second-order valence-electron chi connectivity index (χ2n) is 7.33. The zero-order valence-electron chi connectivity index (χ0n) is 17.9. The molecule has 0 atom stereocenters. The van der Waals surface area contributed by atoms with Gasteiger partial charge >= 0.3 is 18.1 Å². The van der Waals surface area contributed by atoms with Crippen LogP contribution in [-0.4, -0.2) is 29.3 Å². The summed E-state index contributed by atoms with van der Waals surface area (Å²) in [6.07, 6.45) is -5.37. The van der Waals surface area contributed by atoms with Crippen LogP contribution in [0.1, 0.15) is 54.0 Å². The number of carbonyl (C=O) groups excluding carboxylic acids is 2. The molecule has 6 nitrogen and oxygen atoms in total. The molecule has 32 heavy (non-hydrogen) atoms. The summed E-state index contributed by atoms with van der Waals surface area (Å²) in [7, 11) is 0. The molecule has 2 aromatic carbocycles. The number of carbonyl (C=O) groups is 2. The van der Waals surface area contributed by atoms with Gasteiger partial charge in [0.25, 0.3) is 0 Å². The van der Waals surface area contributed by atoms with Crippen molar-refractivity contribution in [2.75, 3.05) is 10.6 Å². The van der Waals surface area contributed by atoms with Crippen molar-refractivity contribution in [3.8, 4) is 0 Å². The third-order valence-electron chi connectivity index (χ3n) is 3.83. The minimum atomic E-state index is -4.58. The van der Waals surface area contributed by atoms with Crippen molar-refractivity contribution in [1.29, 1.82) is 0 Å². The lowest BCUT2D eigenvalue weighted by Gasteiger charge is -2.17. The summed E-state index contributed by atoms with van der Waals surface area (Å²) in [6.45, 7) is 6.69. The van der Waals surface area contributed by atoms with Crippen molar-refractivity contribution >= 4 is 40.6 Å². The summed E-state index contributed by atoms with van der Waals surface area (Å²) in [5, 5.41) is 5.03. The molecule has 0 aromatic heterocycles. The molecule has 0 saturated heterocycles. The molecule has 0 spiro atoms. The van der Waals surface area contributed by atoms with Gasteiger partial charge in [-0.25, -0.2) is 9.59 Å². The van der Waals surface area contributed by atoms with Crippen LogP contribution in [0, 0.1) is 0 Å². The Balaban J connectivity index is 2.32. The first-order valence-electron chi connectivity index (χ1n) is 9.68. The van der Waals surface area contributed by atoms with E-state index in [1.165, 1.54) is 36.4 Å². The highest BCUT2D eigenvalue weighted by Crippen LogP contribution is 2.34. The predicted octanol–water partition coefficient (Wildman–Crippen LogP) is 5.64. The van der Waals surface area contributed by atoms with Crippen molar-refractivity contribution in [2.24, 2.45) is 0 Å². The van der Waals surface area contributed by atoms with Gasteiger partial charge in [0.15, 0.2) is 5.11 Å². The molecule has 0 amide bonds. The minimum absolute atomic E-state index is 0.0536. The number of esters is 2. The zero-order chi connectivity index (χ0) is 24.1. The van der Waals surface area contributed by atoms with Gasteiger partial charge < -0.3 is 20.1 Å². The number of hydrogen-bond donors (Lipinski definition) is 2. The maximum atomic E-state index is 13.2. The van der Waals surface area contributed by atoms with E-state index in [1.54, 1.807) is 27.7 Å². The van der Waals surface area contributed by atoms with E-state index in [2.05, 4.69) is 10.6 Å². The van der Waals surface area contributed by atoms with Crippen LogP contribution < -0.4 is 10.6 Å². The standard InChI is InChI=1S/C22H23F3N2O4S/c1-12(2)30-19(28)14-9-15(20(29)31-13(3)4)11-16(10-14)26-21(32)27-18-8-6-5-7-17(18)22(23,24)25/h5-13H,1-4H3,(H2,26,27,32). The fraction of sp³-hybridized carbons (Fsp3) is 0.318. The second-order valence-corrected chi connectivity index (χ2v) is 7.74. The first-order chi connectivity index (χ1) is 14.9. The van der Waals surface area contributed by atoms with Crippen molar-refractivity contribution in [3.05, 3.63) is 59.2 Å². The topological polar surface area (TPSA) is 76.7 Å². The maximum Gasteiger partial charge on any atom is 0.418 e. The van der Waals surface area contributed by atoms with E-state index in [-0.39, 0.29) is 27.6 Å². The molecule has 2 rings (SSSR count). The van der Waals surface area contributed by atoms with E-state index < -0.39 is 35.9 Å². The van der Waals surface area contributed by atoms with Gasteiger partial charge in [0.1, 0.15) is 0 Å². The number of alkyl halides is 3. The van der Waals surface area contributed by atoms with Gasteiger partial charge in [-0.05, 0) is 70.2 Å². The zero-order valence-corrected chi connectivity index (χ0v) is 18.7. The Morgan fingerprint density at radius 1 is 0.875 bits per heavy atom. The molecule has 10 heteroatoms. The summed E-state index contributed by atoms with van der Waals surface area (Å²) in [5.74, 6) is -1.35. The third-order valence-corrected chi connectivity index (χ3v) is 4.03. The Morgan fingerprint density at radius 3 is 1.84 bits per heavy atom. The van der Waals surface area contributed by atoms with Crippen LogP contribution in [0.25, 0.3) is 0 Å². The monoisotopic (exact) mass is 468 g/mol. The van der Waals surface area contributed by atoms with Crippen LogP contribution >= 0.6 is 12.2 Å². The summed E-state index contributed by atoms with van der Waals surface area (Å²) >= 11 is 5.14. The highest BCUT2D eigenvalue weighted by molar-refractivity contribution is 7.80. The van der Waals surface area contributed by atoms with E-state index in [4.69, 9.17) is 21.7 Å². The lowest BCUT2D eigenvalue weighted by molar-refractivity contribution is -0.136. The average molecular weight is 468 g/mol. The summed E-state index contributed by atoms with van der Waals surface area (Å²) in [6, 6.07) is 8.92. The summed E-state index contributed by atoms with van der Waals surface area (Å²) in [4.78, 5) is 24.7. The van der Waals surface area contributed by atoms with Crippen LogP contribution in [0.4, 0.5) is 24.5 Å². The molecular formula is C22H23F3N2O4S. The lowest BCUT2D eigenvalue weighted by Crippen LogP contribution is -2.22. The van der Waals surface area contributed by atoms with Crippen LogP contribution in [-0.2, 0) is 15.7 Å². The fourth-order valence-electron chi connectivity index (χ4n) is 2.62. The van der Waals surface area contributed by atoms with Crippen molar-refractivity contribution < 1.29 is 32.2 Å². The Labute approximate surface area is 189 Å². The van der Waals surface area contributed by atoms with Gasteiger partial charge in [-0.1, -0.05) is 12.1 Å². The largest absolute Gasteiger partial charge is 0.459 e. The van der Waals surface area contributed by atoms with Crippen LogP contribution in [0.2, 0.25) is 0 Å². The van der Waals surface area contributed by atoms with Crippen LogP contribution in [0.3, 0.4) is 0 Å². The molecule has 0 aliphatic carbocycles. The number of anilines is 2. The predicted molar refractivity (Wildman–Crippen MR) is 119 cm³/mol. The van der Waals surface area contributed by atoms with E-state index in [1.807, 2.05) is 0 Å². The van der Waals surface area contributed by atoms with Crippen molar-refractivity contribution in [1.82, 2.24) is 0 Å². The number of rotatable bonds is 6. The molecule has 172 valence electrons. The molecule has 0 fully saturated rings. The molecule has 2 N–H and O–H groups in total. The molecule has 0 saturated carbocycles. The van der Waals surface area contributed by atoms with Gasteiger partial charge in [-0.2, -0.15) is 13.2 Å². The van der Waals surface area contributed by atoms with Crippen molar-refractivity contribution in [3.63, 3.8) is 0 Å². The lowest BCUT2D eigenvalue weighted by atomic mass is 10.1. The number of ether oxygens (including phenoxy) is 2. The number of nitrogens with one attached hydrogen (secondary N) is 2. The molecule has 0 aliphatic heterocycles. The highest BCUT2D eigenvalue weighted by atomic mass is 32.1. The average Bonchev–Trinajstić information content (AvgIpc) is 2.66. The molecule has 0 unspecified atom stereocenters. The van der Waals surface area contributed by atoms with Crippen LogP contribution in [0.5, 0.6) is 0 Å². The number of benzene rings is 2. The summed E-state index contributed by atoms with van der Waals surface area (Å²) in [5.41, 5.74) is -0.830. The van der Waals surface area contributed by atoms with Gasteiger partial charge in [0.2, 0.25) is 0 Å². The summed E-state index contributed by atoms with van der Waals surface area (Å²) < 4.78 is 50.0. The fourth-order valence-corrected chi connectivity index (χ4v) is 2.85. The Kier molecular flexibility index (Phi) is 8.20. The SMILES string of the molecule is CC(C)OC(=O)c1cc(NC(=S)Nc2ccccc2C(F)(F)F)cc(C(=O)OC(C)C)c1. The molecule has 0 radical (unpaired) electrons. The Bertz CT molecular complexity index is 967. The molecular weight excluding hydrogens is 445 g/mol. The first-order valence-corrected chi connectivity index (χ1v) is 10.1. The third kappa shape index (κ3) is 7.23. The maximum absolute atomic E-state index is 13.2. The normalized spacial score (nSPS) is 11.3. The smallest absolute Gasteiger partial charge is 0.418 e. The van der Waals surface area contributed by atoms with E-state index >= 15 is 0 Å². The Morgan fingerprint density at radius 2 is 1.38 bits per heavy atom. The van der Waals surface area contributed by atoms with Crippen LogP contribution in [0.15, 0.2) is 42.5 Å². The van der Waals surface area contributed by atoms with Gasteiger partial charge in [0.05, 0.1) is 34.6 Å². The number of thiocarbonyl (C=S) groups is 1. The Hall–Kier alpha value is -3.14. The number of hydrogen-bond acceptors (Lipinski definition) is 5. The van der Waals surface area contributed by atoms with Crippen molar-refractivity contribution in [2.45, 2.75) is 46.1 Å². The molecule has 2 aromatic rings. The van der Waals surface area contributed by atoms with E-state index in [9.17, 15) is 22.8 Å². The first kappa shape index (κ1) is 25.1. The molecule has 0 heterocycles. The number of para-hydroxylation sites is 1. The van der Waals surface area contributed by atoms with Gasteiger partial charge in [-0.15, -0.1) is 0 Å². The van der Waals surface area contributed by atoms with E-state index in [0.717, 1.165) is 6.07 Å². The van der Waals surface area contributed by atoms with E-state index in [0.29, 0.717) is 0 Å². The quantitative estimate of drug-likeness (QED) is 0.419. The molecule has 0 bridgehead atoms.